The third-order valence-electron chi connectivity index (χ3n) is 4.42. The summed E-state index contributed by atoms with van der Waals surface area (Å²) in [5.41, 5.74) is 6.68. The van der Waals surface area contributed by atoms with Gasteiger partial charge in [0.2, 0.25) is 5.91 Å². The predicted molar refractivity (Wildman–Crippen MR) is 81.1 cm³/mol. The first-order chi connectivity index (χ1) is 9.61. The summed E-state index contributed by atoms with van der Waals surface area (Å²) in [5.74, 6) is 1.01. The lowest BCUT2D eigenvalue weighted by molar-refractivity contribution is -0.131. The fourth-order valence-corrected chi connectivity index (χ4v) is 3.53. The zero-order valence-electron chi connectivity index (χ0n) is 11.2. The van der Waals surface area contributed by atoms with E-state index in [0.29, 0.717) is 22.5 Å². The van der Waals surface area contributed by atoms with Crippen molar-refractivity contribution in [2.75, 3.05) is 19.6 Å². The van der Waals surface area contributed by atoms with Crippen LogP contribution in [0.2, 0.25) is 10.0 Å². The number of benzene rings is 1. The van der Waals surface area contributed by atoms with Gasteiger partial charge >= 0.3 is 0 Å². The van der Waals surface area contributed by atoms with Crippen LogP contribution in [0.3, 0.4) is 0 Å². The zero-order chi connectivity index (χ0) is 14.3. The molecule has 3 nitrogen and oxygen atoms in total. The van der Waals surface area contributed by atoms with Gasteiger partial charge in [-0.25, -0.2) is 0 Å². The summed E-state index contributed by atoms with van der Waals surface area (Å²) >= 11 is 12.3. The predicted octanol–water partition coefficient (Wildman–Crippen LogP) is 2.90. The Kier molecular flexibility index (Phi) is 3.93. The van der Waals surface area contributed by atoms with E-state index in [2.05, 4.69) is 0 Å². The Bertz CT molecular complexity index is 535. The average molecular weight is 313 g/mol. The molecule has 0 radical (unpaired) electrons. The Morgan fingerprint density at radius 3 is 2.90 bits per heavy atom. The van der Waals surface area contributed by atoms with E-state index in [4.69, 9.17) is 28.9 Å². The highest BCUT2D eigenvalue weighted by molar-refractivity contribution is 6.42. The Morgan fingerprint density at radius 2 is 2.20 bits per heavy atom. The molecule has 0 bridgehead atoms. The van der Waals surface area contributed by atoms with Gasteiger partial charge in [-0.15, -0.1) is 0 Å². The van der Waals surface area contributed by atoms with Crippen molar-refractivity contribution in [1.82, 2.24) is 4.90 Å². The summed E-state index contributed by atoms with van der Waals surface area (Å²) in [6.07, 6.45) is 1.90. The first-order valence-electron chi connectivity index (χ1n) is 7.04. The number of halogens is 2. The second-order valence-electron chi connectivity index (χ2n) is 5.77. The number of nitrogens with two attached hydrogens (primary N) is 1. The van der Waals surface area contributed by atoms with Gasteiger partial charge in [0.15, 0.2) is 0 Å². The molecule has 1 aromatic rings. The maximum absolute atomic E-state index is 12.5. The number of carbonyl (C=O) groups is 1. The van der Waals surface area contributed by atoms with Crippen LogP contribution >= 0.6 is 23.2 Å². The van der Waals surface area contributed by atoms with Crippen LogP contribution in [0.1, 0.15) is 24.3 Å². The van der Waals surface area contributed by atoms with Gasteiger partial charge in [-0.3, -0.25) is 4.79 Å². The molecule has 0 aromatic heterocycles. The second-order valence-corrected chi connectivity index (χ2v) is 6.55. The monoisotopic (exact) mass is 312 g/mol. The molecule has 1 saturated heterocycles. The van der Waals surface area contributed by atoms with E-state index in [1.54, 1.807) is 6.07 Å². The molecule has 20 heavy (non-hydrogen) atoms. The molecular weight excluding hydrogens is 295 g/mol. The lowest BCUT2D eigenvalue weighted by Crippen LogP contribution is -2.31. The molecule has 1 aliphatic carbocycles. The summed E-state index contributed by atoms with van der Waals surface area (Å²) in [5, 5.41) is 1.15. The molecule has 3 atom stereocenters. The van der Waals surface area contributed by atoms with E-state index in [9.17, 15) is 4.79 Å². The molecule has 1 aliphatic heterocycles. The van der Waals surface area contributed by atoms with Gasteiger partial charge in [0.05, 0.1) is 10.0 Å². The summed E-state index contributed by atoms with van der Waals surface area (Å²) in [6, 6.07) is 5.64. The van der Waals surface area contributed by atoms with E-state index >= 15 is 0 Å². The van der Waals surface area contributed by atoms with E-state index in [1.807, 2.05) is 17.0 Å². The van der Waals surface area contributed by atoms with Crippen LogP contribution in [-0.4, -0.2) is 30.4 Å². The summed E-state index contributed by atoms with van der Waals surface area (Å²) < 4.78 is 0. The highest BCUT2D eigenvalue weighted by Crippen LogP contribution is 2.51. The minimum Gasteiger partial charge on any atom is -0.342 e. The van der Waals surface area contributed by atoms with Crippen LogP contribution in [0.5, 0.6) is 0 Å². The van der Waals surface area contributed by atoms with Crippen molar-refractivity contribution in [2.45, 2.75) is 18.8 Å². The summed E-state index contributed by atoms with van der Waals surface area (Å²) in [6.45, 7) is 2.31. The van der Waals surface area contributed by atoms with E-state index in [-0.39, 0.29) is 17.7 Å². The molecule has 0 unspecified atom stereocenters. The Morgan fingerprint density at radius 1 is 1.40 bits per heavy atom. The molecule has 1 amide bonds. The largest absolute Gasteiger partial charge is 0.342 e. The van der Waals surface area contributed by atoms with E-state index in [0.717, 1.165) is 31.5 Å². The Hall–Kier alpha value is -0.770. The van der Waals surface area contributed by atoms with Crippen molar-refractivity contribution >= 4 is 29.1 Å². The number of nitrogens with zero attached hydrogens (tertiary/aromatic N) is 1. The van der Waals surface area contributed by atoms with Gasteiger partial charge in [-0.05, 0) is 42.9 Å². The molecule has 2 aliphatic rings. The van der Waals surface area contributed by atoms with Crippen LogP contribution in [0.4, 0.5) is 0 Å². The number of carbonyl (C=O) groups excluding carboxylic acids is 1. The molecule has 2 fully saturated rings. The third kappa shape index (κ3) is 2.54. The molecule has 3 rings (SSSR count). The second kappa shape index (κ2) is 5.55. The summed E-state index contributed by atoms with van der Waals surface area (Å²) in [7, 11) is 0. The average Bonchev–Trinajstić information content (AvgIpc) is 3.09. The molecule has 0 spiro atoms. The van der Waals surface area contributed by atoms with Crippen LogP contribution in [0.15, 0.2) is 18.2 Å². The molecule has 108 valence electrons. The van der Waals surface area contributed by atoms with Crippen molar-refractivity contribution < 1.29 is 4.79 Å². The Labute approximate surface area is 129 Å². The van der Waals surface area contributed by atoms with Crippen molar-refractivity contribution in [3.63, 3.8) is 0 Å². The van der Waals surface area contributed by atoms with Crippen LogP contribution < -0.4 is 5.73 Å². The number of hydrogen-bond donors (Lipinski definition) is 1. The van der Waals surface area contributed by atoms with Crippen molar-refractivity contribution in [1.29, 1.82) is 0 Å². The molecule has 1 saturated carbocycles. The molecule has 1 heterocycles. The quantitative estimate of drug-likeness (QED) is 0.932. The zero-order valence-corrected chi connectivity index (χ0v) is 12.7. The highest BCUT2D eigenvalue weighted by Gasteiger charge is 2.47. The van der Waals surface area contributed by atoms with Gasteiger partial charge in [-0.2, -0.15) is 0 Å². The van der Waals surface area contributed by atoms with E-state index in [1.165, 1.54) is 0 Å². The van der Waals surface area contributed by atoms with Crippen molar-refractivity contribution in [2.24, 2.45) is 17.6 Å². The first-order valence-corrected chi connectivity index (χ1v) is 7.80. The van der Waals surface area contributed by atoms with Gasteiger partial charge in [0, 0.05) is 19.0 Å². The van der Waals surface area contributed by atoms with Gasteiger partial charge in [0.25, 0.3) is 0 Å². The number of likely N-dealkylation sites (tertiary alicyclic amines) is 1. The van der Waals surface area contributed by atoms with Gasteiger partial charge in [-0.1, -0.05) is 35.3 Å². The van der Waals surface area contributed by atoms with Gasteiger partial charge < -0.3 is 10.6 Å². The maximum atomic E-state index is 12.5. The van der Waals surface area contributed by atoms with Crippen molar-refractivity contribution in [3.8, 4) is 0 Å². The molecule has 2 N–H and O–H groups in total. The van der Waals surface area contributed by atoms with Gasteiger partial charge in [0.1, 0.15) is 0 Å². The number of rotatable bonds is 3. The van der Waals surface area contributed by atoms with Crippen LogP contribution in [0.25, 0.3) is 0 Å². The highest BCUT2D eigenvalue weighted by atomic mass is 35.5. The fraction of sp³-hybridized carbons (Fsp3) is 0.533. The van der Waals surface area contributed by atoms with Crippen LogP contribution in [-0.2, 0) is 4.79 Å². The SMILES string of the molecule is NC[C@@H]1CCN(C(=O)[C@@H]2C[C@@H]2c2cccc(Cl)c2Cl)C1. The molecule has 1 aromatic carbocycles. The van der Waals surface area contributed by atoms with E-state index < -0.39 is 0 Å². The van der Waals surface area contributed by atoms with Crippen LogP contribution in [0, 0.1) is 11.8 Å². The fourth-order valence-electron chi connectivity index (χ4n) is 3.08. The topological polar surface area (TPSA) is 46.3 Å². The number of hydrogen-bond acceptors (Lipinski definition) is 2. The smallest absolute Gasteiger partial charge is 0.226 e. The normalized spacial score (nSPS) is 28.8. The minimum absolute atomic E-state index is 0.0718. The standard InChI is InChI=1S/C15H18Cl2N2O/c16-13-3-1-2-10(14(13)17)11-6-12(11)15(20)19-5-4-9(7-18)8-19/h1-3,9,11-12H,4-8,18H2/t9-,11+,12+/m0/s1. The summed E-state index contributed by atoms with van der Waals surface area (Å²) in [4.78, 5) is 14.4. The molecular formula is C15H18Cl2N2O. The number of amides is 1. The Balaban J connectivity index is 1.67. The molecule has 5 heteroatoms. The lowest BCUT2D eigenvalue weighted by atomic mass is 10.1. The maximum Gasteiger partial charge on any atom is 0.226 e. The minimum atomic E-state index is 0.0718. The third-order valence-corrected chi connectivity index (χ3v) is 5.25. The lowest BCUT2D eigenvalue weighted by Gasteiger charge is -2.16. The first kappa shape index (κ1) is 14.2. The van der Waals surface area contributed by atoms with Crippen molar-refractivity contribution in [3.05, 3.63) is 33.8 Å².